The number of nitrogens with zero attached hydrogens (tertiary/aromatic N) is 2. The summed E-state index contributed by atoms with van der Waals surface area (Å²) in [6.45, 7) is 5.22. The van der Waals surface area contributed by atoms with Crippen molar-refractivity contribution in [2.75, 3.05) is 6.61 Å². The zero-order valence-corrected chi connectivity index (χ0v) is 17.3. The van der Waals surface area contributed by atoms with Crippen molar-refractivity contribution in [3.63, 3.8) is 0 Å². The van der Waals surface area contributed by atoms with E-state index in [1.165, 1.54) is 12.1 Å². The highest BCUT2D eigenvalue weighted by Gasteiger charge is 2.39. The first-order chi connectivity index (χ1) is 13.7. The fourth-order valence-corrected chi connectivity index (χ4v) is 4.62. The predicted molar refractivity (Wildman–Crippen MR) is 108 cm³/mol. The van der Waals surface area contributed by atoms with Gasteiger partial charge < -0.3 is 4.74 Å². The molecule has 0 saturated heterocycles. The first kappa shape index (κ1) is 22.5. The highest BCUT2D eigenvalue weighted by atomic mass is 32.2. The molecule has 0 aromatic heterocycles. The van der Waals surface area contributed by atoms with E-state index >= 15 is 0 Å². The third kappa shape index (κ3) is 5.39. The van der Waals surface area contributed by atoms with E-state index in [1.807, 2.05) is 6.07 Å². The van der Waals surface area contributed by atoms with Crippen molar-refractivity contribution < 1.29 is 22.9 Å². The molecule has 0 aliphatic carbocycles. The summed E-state index contributed by atoms with van der Waals surface area (Å²) in [6.07, 6.45) is 0. The number of nitro groups is 1. The molecule has 0 amide bonds. The van der Waals surface area contributed by atoms with Gasteiger partial charge in [0.2, 0.25) is 10.0 Å². The van der Waals surface area contributed by atoms with Crippen LogP contribution in [-0.2, 0) is 26.1 Å². The predicted octanol–water partition coefficient (Wildman–Crippen LogP) is 3.37. The summed E-state index contributed by atoms with van der Waals surface area (Å²) >= 11 is 0. The summed E-state index contributed by atoms with van der Waals surface area (Å²) in [5, 5.41) is 10.9. The van der Waals surface area contributed by atoms with Gasteiger partial charge in [-0.05, 0) is 30.5 Å². The Morgan fingerprint density at radius 1 is 1.10 bits per heavy atom. The molecule has 9 heteroatoms. The second kappa shape index (κ2) is 9.62. The van der Waals surface area contributed by atoms with Gasteiger partial charge in [-0.25, -0.2) is 8.42 Å². The second-order valence-electron chi connectivity index (χ2n) is 6.73. The van der Waals surface area contributed by atoms with E-state index < -0.39 is 27.0 Å². The van der Waals surface area contributed by atoms with E-state index in [0.717, 1.165) is 16.4 Å². The van der Waals surface area contributed by atoms with Crippen LogP contribution in [0.3, 0.4) is 0 Å². The highest BCUT2D eigenvalue weighted by molar-refractivity contribution is 7.89. The van der Waals surface area contributed by atoms with Crippen LogP contribution < -0.4 is 0 Å². The molecule has 2 rings (SSSR count). The lowest BCUT2D eigenvalue weighted by Crippen LogP contribution is -2.48. The highest BCUT2D eigenvalue weighted by Crippen LogP contribution is 2.26. The Balaban J connectivity index is 2.54. The van der Waals surface area contributed by atoms with Crippen molar-refractivity contribution in [2.45, 2.75) is 38.3 Å². The zero-order chi connectivity index (χ0) is 21.6. The fourth-order valence-electron chi connectivity index (χ4n) is 2.92. The molecule has 2 aromatic rings. The topological polar surface area (TPSA) is 107 Å². The minimum Gasteiger partial charge on any atom is -0.465 e. The molecule has 0 aliphatic rings. The average molecular weight is 420 g/mol. The Hall–Kier alpha value is -2.78. The molecule has 0 aliphatic heterocycles. The van der Waals surface area contributed by atoms with Gasteiger partial charge in [-0.1, -0.05) is 44.2 Å². The number of carbonyl (C=O) groups excluding carboxylic acids is 1. The van der Waals surface area contributed by atoms with Crippen LogP contribution in [0.25, 0.3) is 0 Å². The van der Waals surface area contributed by atoms with Crippen LogP contribution in [-0.4, -0.2) is 36.3 Å². The number of nitro benzene ring substituents is 1. The number of hydrogen-bond donors (Lipinski definition) is 0. The van der Waals surface area contributed by atoms with Crippen molar-refractivity contribution in [2.24, 2.45) is 5.92 Å². The Morgan fingerprint density at radius 2 is 1.69 bits per heavy atom. The van der Waals surface area contributed by atoms with E-state index in [1.54, 1.807) is 45.0 Å². The molecular formula is C20H24N2O6S. The van der Waals surface area contributed by atoms with Crippen LogP contribution in [0.4, 0.5) is 5.69 Å². The van der Waals surface area contributed by atoms with E-state index in [0.29, 0.717) is 5.56 Å². The normalized spacial score (nSPS) is 12.7. The number of rotatable bonds is 9. The molecule has 1 unspecified atom stereocenters. The van der Waals surface area contributed by atoms with Crippen molar-refractivity contribution in [3.05, 3.63) is 70.3 Å². The van der Waals surface area contributed by atoms with Gasteiger partial charge in [0.15, 0.2) is 0 Å². The summed E-state index contributed by atoms with van der Waals surface area (Å²) in [5.41, 5.74) is 0.484. The first-order valence-electron chi connectivity index (χ1n) is 9.15. The minimum atomic E-state index is -4.14. The minimum absolute atomic E-state index is 0.0399. The Labute approximate surface area is 170 Å². The van der Waals surface area contributed by atoms with Gasteiger partial charge >= 0.3 is 5.97 Å². The molecule has 0 saturated carbocycles. The summed E-state index contributed by atoms with van der Waals surface area (Å²) in [5.74, 6) is -0.991. The number of carbonyl (C=O) groups is 1. The maximum atomic E-state index is 13.4. The summed E-state index contributed by atoms with van der Waals surface area (Å²) in [6, 6.07) is 12.5. The van der Waals surface area contributed by atoms with E-state index in [9.17, 15) is 23.3 Å². The van der Waals surface area contributed by atoms with Crippen LogP contribution in [0.2, 0.25) is 0 Å². The molecule has 8 nitrogen and oxygen atoms in total. The van der Waals surface area contributed by atoms with Crippen LogP contribution in [0.1, 0.15) is 26.3 Å². The first-order valence-corrected chi connectivity index (χ1v) is 10.6. The third-order valence-corrected chi connectivity index (χ3v) is 6.15. The standard InChI is InChI=1S/C20H24N2O6S/c1-4-28-20(23)19(15(2)3)21(14-16-8-6-5-7-9-16)29(26,27)18-12-10-17(11-13-18)22(24)25/h5-13,15,19H,4,14H2,1-3H3. The van der Waals surface area contributed by atoms with Gasteiger partial charge in [-0.15, -0.1) is 0 Å². The van der Waals surface area contributed by atoms with Crippen molar-refractivity contribution in [3.8, 4) is 0 Å². The maximum Gasteiger partial charge on any atom is 0.324 e. The smallest absolute Gasteiger partial charge is 0.324 e. The summed E-state index contributed by atoms with van der Waals surface area (Å²) < 4.78 is 33.1. The van der Waals surface area contributed by atoms with E-state index in [2.05, 4.69) is 0 Å². The SMILES string of the molecule is CCOC(=O)C(C(C)C)N(Cc1ccccc1)S(=O)(=O)c1ccc([N+](=O)[O-])cc1. The van der Waals surface area contributed by atoms with Gasteiger partial charge in [0.1, 0.15) is 6.04 Å². The monoisotopic (exact) mass is 420 g/mol. The second-order valence-corrected chi connectivity index (χ2v) is 8.62. The molecule has 0 spiro atoms. The Morgan fingerprint density at radius 3 is 2.17 bits per heavy atom. The Kier molecular flexibility index (Phi) is 7.46. The molecule has 0 bridgehead atoms. The van der Waals surface area contributed by atoms with Crippen molar-refractivity contribution in [1.82, 2.24) is 4.31 Å². The van der Waals surface area contributed by atoms with Gasteiger partial charge in [-0.2, -0.15) is 4.31 Å². The fraction of sp³-hybridized carbons (Fsp3) is 0.350. The van der Waals surface area contributed by atoms with Crippen molar-refractivity contribution in [1.29, 1.82) is 0 Å². The largest absolute Gasteiger partial charge is 0.465 e. The molecule has 0 fully saturated rings. The number of hydrogen-bond acceptors (Lipinski definition) is 6. The van der Waals surface area contributed by atoms with Gasteiger partial charge in [0, 0.05) is 18.7 Å². The van der Waals surface area contributed by atoms with Gasteiger partial charge in [0.05, 0.1) is 16.4 Å². The molecule has 2 aromatic carbocycles. The third-order valence-electron chi connectivity index (χ3n) is 4.31. The Bertz CT molecular complexity index is 943. The van der Waals surface area contributed by atoms with E-state index in [4.69, 9.17) is 4.74 Å². The maximum absolute atomic E-state index is 13.4. The van der Waals surface area contributed by atoms with Crippen LogP contribution in [0, 0.1) is 16.0 Å². The number of non-ortho nitro benzene ring substituents is 1. The van der Waals surface area contributed by atoms with Crippen molar-refractivity contribution >= 4 is 21.7 Å². The lowest BCUT2D eigenvalue weighted by Gasteiger charge is -2.32. The number of ether oxygens (including phenoxy) is 1. The van der Waals surface area contributed by atoms with Gasteiger partial charge in [-0.3, -0.25) is 14.9 Å². The molecule has 0 heterocycles. The van der Waals surface area contributed by atoms with Crippen LogP contribution >= 0.6 is 0 Å². The van der Waals surface area contributed by atoms with Gasteiger partial charge in [0.25, 0.3) is 5.69 Å². The zero-order valence-electron chi connectivity index (χ0n) is 16.5. The molecular weight excluding hydrogens is 396 g/mol. The van der Waals surface area contributed by atoms with E-state index in [-0.39, 0.29) is 29.7 Å². The summed E-state index contributed by atoms with van der Waals surface area (Å²) in [4.78, 5) is 22.8. The average Bonchev–Trinajstić information content (AvgIpc) is 2.68. The lowest BCUT2D eigenvalue weighted by atomic mass is 10.0. The summed E-state index contributed by atoms with van der Waals surface area (Å²) in [7, 11) is -4.14. The number of benzene rings is 2. The molecule has 29 heavy (non-hydrogen) atoms. The molecule has 156 valence electrons. The lowest BCUT2D eigenvalue weighted by molar-refractivity contribution is -0.384. The molecule has 0 N–H and O–H groups in total. The molecule has 1 atom stereocenters. The molecule has 0 radical (unpaired) electrons. The van der Waals surface area contributed by atoms with Crippen LogP contribution in [0.5, 0.6) is 0 Å². The number of sulfonamides is 1. The number of esters is 1. The van der Waals surface area contributed by atoms with Crippen LogP contribution in [0.15, 0.2) is 59.5 Å². The quantitative estimate of drug-likeness (QED) is 0.350.